The Morgan fingerprint density at radius 2 is 1.18 bits per heavy atom. The van der Waals surface area contributed by atoms with E-state index in [0.29, 0.717) is 25.0 Å². The molecule has 1 N–H and O–H groups in total. The van der Waals surface area contributed by atoms with Crippen LogP contribution in [0, 0.1) is 11.8 Å². The maximum absolute atomic E-state index is 13.1. The highest BCUT2D eigenvalue weighted by molar-refractivity contribution is 6.40. The van der Waals surface area contributed by atoms with Gasteiger partial charge in [-0.05, 0) is 73.9 Å². The quantitative estimate of drug-likeness (QED) is 0.0868. The Balaban J connectivity index is 0.000000212. The monoisotopic (exact) mass is 848 g/mol. The van der Waals surface area contributed by atoms with Crippen molar-refractivity contribution in [3.63, 3.8) is 0 Å². The first-order valence-corrected chi connectivity index (χ1v) is 18.0. The van der Waals surface area contributed by atoms with E-state index in [4.69, 9.17) is 60.6 Å². The molecule has 2 aromatic carbocycles. The smallest absolute Gasteiger partial charge is 0.387 e. The number of methoxy groups -OCH3 is 1. The van der Waals surface area contributed by atoms with Crippen molar-refractivity contribution in [3.05, 3.63) is 92.4 Å². The fourth-order valence-corrected chi connectivity index (χ4v) is 5.80. The minimum Gasteiger partial charge on any atom is -0.489 e. The molecular weight excluding hydrogens is 818 g/mol. The molecule has 2 heterocycles. The molecule has 0 bridgehead atoms. The normalized spacial score (nSPS) is 13.5. The topological polar surface area (TPSA) is 121 Å². The van der Waals surface area contributed by atoms with Gasteiger partial charge in [-0.3, -0.25) is 24.5 Å². The molecule has 0 atom stereocenters. The second-order valence-corrected chi connectivity index (χ2v) is 13.8. The van der Waals surface area contributed by atoms with Crippen LogP contribution in [-0.2, 0) is 4.74 Å². The van der Waals surface area contributed by atoms with Crippen LogP contribution in [-0.4, -0.2) is 62.1 Å². The molecule has 55 heavy (non-hydrogen) atoms. The summed E-state index contributed by atoms with van der Waals surface area (Å²) < 4.78 is 75.8. The highest BCUT2D eigenvalue weighted by Crippen LogP contribution is 2.38. The number of amides is 2. The molecule has 0 unspecified atom stereocenters. The summed E-state index contributed by atoms with van der Waals surface area (Å²) in [6, 6.07) is 7.93. The summed E-state index contributed by atoms with van der Waals surface area (Å²) in [4.78, 5) is 34.5. The highest BCUT2D eigenvalue weighted by atomic mass is 35.5. The Morgan fingerprint density at radius 3 is 1.64 bits per heavy atom. The lowest BCUT2D eigenvalue weighted by molar-refractivity contribution is -0.0521. The van der Waals surface area contributed by atoms with E-state index in [1.807, 2.05) is 0 Å². The fraction of sp³-hybridized carbons (Fsp3) is 0.333. The predicted octanol–water partition coefficient (Wildman–Crippen LogP) is 10.1. The van der Waals surface area contributed by atoms with Gasteiger partial charge in [0.1, 0.15) is 6.73 Å². The lowest BCUT2D eigenvalue weighted by Gasteiger charge is -2.24. The second kappa shape index (κ2) is 19.5. The molecule has 6 rings (SSSR count). The summed E-state index contributed by atoms with van der Waals surface area (Å²) in [6.45, 7) is -5.41. The van der Waals surface area contributed by atoms with Gasteiger partial charge in [0.15, 0.2) is 23.0 Å². The van der Waals surface area contributed by atoms with Crippen molar-refractivity contribution >= 4 is 69.6 Å². The van der Waals surface area contributed by atoms with Gasteiger partial charge in [-0.2, -0.15) is 17.6 Å². The Morgan fingerprint density at radius 1 is 0.727 bits per heavy atom. The number of halogens is 8. The van der Waals surface area contributed by atoms with Gasteiger partial charge in [0, 0.05) is 43.0 Å². The van der Waals surface area contributed by atoms with Crippen molar-refractivity contribution in [1.82, 2.24) is 9.97 Å². The number of aromatic nitrogens is 2. The number of alkyl halides is 4. The van der Waals surface area contributed by atoms with E-state index in [1.54, 1.807) is 0 Å². The van der Waals surface area contributed by atoms with E-state index in [1.165, 1.54) is 73.2 Å². The number of hydrogen-bond acceptors (Lipinski definition) is 9. The summed E-state index contributed by atoms with van der Waals surface area (Å²) in [5.41, 5.74) is 0.782. The van der Waals surface area contributed by atoms with Crippen molar-refractivity contribution in [1.29, 1.82) is 0 Å². The van der Waals surface area contributed by atoms with Crippen LogP contribution in [0.5, 0.6) is 23.0 Å². The van der Waals surface area contributed by atoms with Gasteiger partial charge >= 0.3 is 13.2 Å². The zero-order chi connectivity index (χ0) is 39.6. The lowest BCUT2D eigenvalue weighted by Crippen LogP contribution is -2.33. The Kier molecular flexibility index (Phi) is 14.9. The molecule has 0 radical (unpaired) electrons. The van der Waals surface area contributed by atoms with Crippen LogP contribution in [0.4, 0.5) is 28.9 Å². The molecule has 2 aromatic heterocycles. The molecule has 2 fully saturated rings. The van der Waals surface area contributed by atoms with Gasteiger partial charge in [-0.1, -0.05) is 46.4 Å². The third-order valence-electron chi connectivity index (χ3n) is 7.87. The predicted molar refractivity (Wildman–Crippen MR) is 198 cm³/mol. The van der Waals surface area contributed by atoms with Gasteiger partial charge in [-0.25, -0.2) is 0 Å². The van der Waals surface area contributed by atoms with Crippen LogP contribution in [0.15, 0.2) is 61.2 Å². The van der Waals surface area contributed by atoms with Gasteiger partial charge < -0.3 is 29.0 Å². The van der Waals surface area contributed by atoms with Crippen molar-refractivity contribution in [2.75, 3.05) is 37.3 Å². The van der Waals surface area contributed by atoms with Crippen LogP contribution < -0.4 is 29.2 Å². The van der Waals surface area contributed by atoms with Crippen molar-refractivity contribution < 1.29 is 50.8 Å². The molecule has 2 aliphatic rings. The zero-order valence-electron chi connectivity index (χ0n) is 28.8. The first-order valence-electron chi connectivity index (χ1n) is 16.5. The number of hydrogen-bond donors (Lipinski definition) is 1. The summed E-state index contributed by atoms with van der Waals surface area (Å²) in [5.74, 6) is -0.382. The summed E-state index contributed by atoms with van der Waals surface area (Å²) in [7, 11) is 1.41. The summed E-state index contributed by atoms with van der Waals surface area (Å²) in [6.07, 6.45) is 9.48. The van der Waals surface area contributed by atoms with Crippen molar-refractivity contribution in [2.24, 2.45) is 11.8 Å². The highest BCUT2D eigenvalue weighted by Gasteiger charge is 2.27. The molecular formula is C36H32Cl4F4N4O7. The molecule has 0 aliphatic heterocycles. The lowest BCUT2D eigenvalue weighted by atomic mass is 10.1. The number of pyridine rings is 2. The number of carbonyl (C=O) groups excluding carboxylic acids is 2. The Hall–Kier alpha value is -4.28. The number of anilines is 2. The van der Waals surface area contributed by atoms with E-state index in [9.17, 15) is 27.2 Å². The zero-order valence-corrected chi connectivity index (χ0v) is 31.8. The Labute approximate surface area is 332 Å². The van der Waals surface area contributed by atoms with E-state index in [-0.39, 0.29) is 72.3 Å². The van der Waals surface area contributed by atoms with E-state index in [0.717, 1.165) is 25.7 Å². The van der Waals surface area contributed by atoms with Crippen molar-refractivity contribution in [3.8, 4) is 23.0 Å². The number of carbonyl (C=O) groups is 2. The van der Waals surface area contributed by atoms with Crippen LogP contribution in [0.3, 0.4) is 0 Å². The van der Waals surface area contributed by atoms with Crippen LogP contribution >= 0.6 is 46.4 Å². The van der Waals surface area contributed by atoms with Crippen LogP contribution in [0.25, 0.3) is 0 Å². The first-order chi connectivity index (χ1) is 26.3. The van der Waals surface area contributed by atoms with Gasteiger partial charge in [0.05, 0.1) is 44.7 Å². The average Bonchev–Trinajstić information content (AvgIpc) is 4.08. The third kappa shape index (κ3) is 12.1. The SMILES string of the molecule is COCN(C(=O)c1ccc(OC(F)F)c(OCC2CC2)c1)c1c(Cl)cncc1Cl.O=C(Nc1c(Cl)cncc1Cl)c1ccc(OC(F)F)c(OCC2CC2)c1. The summed E-state index contributed by atoms with van der Waals surface area (Å²) in [5, 5.41) is 3.24. The number of rotatable bonds is 16. The van der Waals surface area contributed by atoms with E-state index in [2.05, 4.69) is 24.8 Å². The van der Waals surface area contributed by atoms with Crippen LogP contribution in [0.1, 0.15) is 46.4 Å². The molecule has 19 heteroatoms. The minimum absolute atomic E-state index is 0.0624. The maximum Gasteiger partial charge on any atom is 0.387 e. The van der Waals surface area contributed by atoms with Crippen LogP contribution in [0.2, 0.25) is 20.1 Å². The average molecular weight is 850 g/mol. The largest absolute Gasteiger partial charge is 0.489 e. The molecule has 294 valence electrons. The maximum atomic E-state index is 13.1. The molecule has 11 nitrogen and oxygen atoms in total. The van der Waals surface area contributed by atoms with Gasteiger partial charge in [-0.15, -0.1) is 0 Å². The third-order valence-corrected chi connectivity index (χ3v) is 8.99. The van der Waals surface area contributed by atoms with Gasteiger partial charge in [0.2, 0.25) is 0 Å². The van der Waals surface area contributed by atoms with E-state index >= 15 is 0 Å². The molecule has 0 saturated heterocycles. The first kappa shape index (κ1) is 41.9. The molecule has 0 spiro atoms. The number of benzene rings is 2. The molecule has 4 aromatic rings. The standard InChI is InChI=1S/C19H18Cl2F2N2O4.C17H14Cl2F2N2O3/c1-27-10-25(17-13(20)7-24-8-14(17)21)18(26)12-4-5-15(29-19(22)23)16(6-12)28-9-11-2-3-11;18-11-6-22-7-12(19)15(11)23-16(24)10-3-4-13(26-17(20)21)14(5-10)25-8-9-1-2-9/h4-8,11,19H,2-3,9-10H2,1H3;3-7,9,17H,1-2,8H2,(H,22,23,24). The minimum atomic E-state index is -3.01. The van der Waals surface area contributed by atoms with Crippen molar-refractivity contribution in [2.45, 2.75) is 38.9 Å². The molecule has 2 amide bonds. The summed E-state index contributed by atoms with van der Waals surface area (Å²) >= 11 is 24.3. The molecule has 2 aliphatic carbocycles. The number of nitrogens with one attached hydrogen (secondary N) is 1. The van der Waals surface area contributed by atoms with E-state index < -0.39 is 25.0 Å². The second-order valence-electron chi connectivity index (χ2n) is 12.1. The fourth-order valence-electron chi connectivity index (χ4n) is 4.78. The number of ether oxygens (including phenoxy) is 5. The van der Waals surface area contributed by atoms with Gasteiger partial charge in [0.25, 0.3) is 11.8 Å². The number of nitrogens with zero attached hydrogens (tertiary/aromatic N) is 3. The Bertz CT molecular complexity index is 1940. The molecule has 2 saturated carbocycles.